The van der Waals surface area contributed by atoms with Gasteiger partial charge in [-0.25, -0.2) is 0 Å². The summed E-state index contributed by atoms with van der Waals surface area (Å²) in [7, 11) is 0. The zero-order chi connectivity index (χ0) is 9.10. The van der Waals surface area contributed by atoms with Crippen molar-refractivity contribution < 1.29 is 10.2 Å². The molecule has 0 aliphatic carbocycles. The largest absolute Gasteiger partial charge is 0.390 e. The van der Waals surface area contributed by atoms with Gasteiger partial charge in [-0.1, -0.05) is 18.2 Å². The minimum absolute atomic E-state index is 0.0311. The van der Waals surface area contributed by atoms with Crippen molar-refractivity contribution >= 4 is 0 Å². The molecule has 0 aliphatic heterocycles. The summed E-state index contributed by atoms with van der Waals surface area (Å²) in [5.41, 5.74) is 2.89. The van der Waals surface area contributed by atoms with Gasteiger partial charge in [0.1, 0.15) is 5.69 Å². The van der Waals surface area contributed by atoms with Gasteiger partial charge in [0.05, 0.1) is 6.61 Å². The fourth-order valence-electron chi connectivity index (χ4n) is 1.25. The minimum Gasteiger partial charge on any atom is -0.390 e. The number of H-pyrrole nitrogens is 2. The Kier molecular flexibility index (Phi) is 2.10. The molecule has 0 unspecified atom stereocenters. The second kappa shape index (κ2) is 3.41. The molecule has 0 radical (unpaired) electrons. The first-order valence-corrected chi connectivity index (χ1v) is 4.16. The SMILES string of the molecule is OCc1cc(-c2ccccc2)[nH+][nH]1. The maximum atomic E-state index is 8.85. The molecule has 2 aromatic rings. The molecule has 13 heavy (non-hydrogen) atoms. The Morgan fingerprint density at radius 3 is 2.62 bits per heavy atom. The van der Waals surface area contributed by atoms with Crippen molar-refractivity contribution in [2.75, 3.05) is 0 Å². The summed E-state index contributed by atoms with van der Waals surface area (Å²) in [6.07, 6.45) is 0. The number of nitrogens with one attached hydrogen (secondary N) is 2. The highest BCUT2D eigenvalue weighted by Crippen LogP contribution is 2.13. The van der Waals surface area contributed by atoms with Gasteiger partial charge in [0, 0.05) is 11.6 Å². The summed E-state index contributed by atoms with van der Waals surface area (Å²) in [6.45, 7) is 0.0311. The fraction of sp³-hybridized carbons (Fsp3) is 0.100. The van der Waals surface area contributed by atoms with Gasteiger partial charge in [-0.2, -0.15) is 5.10 Å². The quantitative estimate of drug-likeness (QED) is 0.702. The smallest absolute Gasteiger partial charge is 0.236 e. The van der Waals surface area contributed by atoms with Crippen LogP contribution in [0.1, 0.15) is 5.69 Å². The molecule has 0 amide bonds. The third-order valence-corrected chi connectivity index (χ3v) is 1.93. The number of aliphatic hydroxyl groups excluding tert-OH is 1. The van der Waals surface area contributed by atoms with E-state index in [0.29, 0.717) is 0 Å². The standard InChI is InChI=1S/C10H10N2O/c13-7-9-6-10(12-11-9)8-4-2-1-3-5-8/h1-6,13H,7H2,(H,11,12)/p+1. The van der Waals surface area contributed by atoms with Crippen LogP contribution >= 0.6 is 0 Å². The van der Waals surface area contributed by atoms with Gasteiger partial charge in [-0.05, 0) is 12.1 Å². The van der Waals surface area contributed by atoms with Gasteiger partial charge in [-0.15, -0.1) is 5.10 Å². The van der Waals surface area contributed by atoms with Gasteiger partial charge in [-0.3, -0.25) is 0 Å². The second-order valence-corrected chi connectivity index (χ2v) is 2.86. The molecule has 0 saturated heterocycles. The molecule has 1 heterocycles. The van der Waals surface area contributed by atoms with E-state index in [9.17, 15) is 0 Å². The Balaban J connectivity index is 2.36. The van der Waals surface area contributed by atoms with Crippen LogP contribution in [0.5, 0.6) is 0 Å². The fourth-order valence-corrected chi connectivity index (χ4v) is 1.25. The lowest BCUT2D eigenvalue weighted by molar-refractivity contribution is -0.438. The summed E-state index contributed by atoms with van der Waals surface area (Å²) in [5.74, 6) is 0. The molecule has 0 aliphatic rings. The second-order valence-electron chi connectivity index (χ2n) is 2.86. The summed E-state index contributed by atoms with van der Waals surface area (Å²) in [4.78, 5) is 0. The van der Waals surface area contributed by atoms with Crippen molar-refractivity contribution in [1.29, 1.82) is 0 Å². The molecule has 1 aromatic heterocycles. The van der Waals surface area contributed by atoms with Crippen LogP contribution < -0.4 is 5.10 Å². The van der Waals surface area contributed by atoms with Crippen molar-refractivity contribution in [3.63, 3.8) is 0 Å². The lowest BCUT2D eigenvalue weighted by Crippen LogP contribution is -2.05. The monoisotopic (exact) mass is 175 g/mol. The molecule has 0 spiro atoms. The van der Waals surface area contributed by atoms with Crippen LogP contribution in [-0.4, -0.2) is 10.2 Å². The van der Waals surface area contributed by atoms with Gasteiger partial charge < -0.3 is 5.11 Å². The Morgan fingerprint density at radius 1 is 1.23 bits per heavy atom. The number of hydrogen-bond acceptors (Lipinski definition) is 1. The Labute approximate surface area is 76.0 Å². The lowest BCUT2D eigenvalue weighted by atomic mass is 10.1. The first kappa shape index (κ1) is 8.01. The highest BCUT2D eigenvalue weighted by Gasteiger charge is 2.07. The summed E-state index contributed by atoms with van der Waals surface area (Å²) < 4.78 is 0. The van der Waals surface area contributed by atoms with Gasteiger partial charge >= 0.3 is 0 Å². The highest BCUT2D eigenvalue weighted by molar-refractivity contribution is 5.55. The maximum absolute atomic E-state index is 8.85. The van der Waals surface area contributed by atoms with Crippen LogP contribution in [0, 0.1) is 0 Å². The number of benzene rings is 1. The van der Waals surface area contributed by atoms with Gasteiger partial charge in [0.25, 0.3) is 0 Å². The van der Waals surface area contributed by atoms with Crippen LogP contribution in [0.15, 0.2) is 36.4 Å². The van der Waals surface area contributed by atoms with E-state index in [1.807, 2.05) is 36.4 Å². The van der Waals surface area contributed by atoms with Gasteiger partial charge in [0.2, 0.25) is 5.69 Å². The molecule has 0 atom stereocenters. The molecule has 1 aromatic carbocycles. The van der Waals surface area contributed by atoms with E-state index in [1.165, 1.54) is 0 Å². The first-order valence-electron chi connectivity index (χ1n) is 4.16. The van der Waals surface area contributed by atoms with E-state index in [0.717, 1.165) is 17.0 Å². The zero-order valence-electron chi connectivity index (χ0n) is 7.12. The predicted octanol–water partition coefficient (Wildman–Crippen LogP) is 0.988. The third-order valence-electron chi connectivity index (χ3n) is 1.93. The average molecular weight is 175 g/mol. The third kappa shape index (κ3) is 1.60. The molecule has 66 valence electrons. The number of hydrogen-bond donors (Lipinski definition) is 2. The molecule has 0 bridgehead atoms. The number of aliphatic hydroxyl groups is 1. The van der Waals surface area contributed by atoms with Crippen LogP contribution in [0.2, 0.25) is 0 Å². The summed E-state index contributed by atoms with van der Waals surface area (Å²) in [5, 5.41) is 14.7. The van der Waals surface area contributed by atoms with Crippen molar-refractivity contribution in [2.24, 2.45) is 0 Å². The Bertz CT molecular complexity index is 381. The predicted molar refractivity (Wildman–Crippen MR) is 48.7 cm³/mol. The highest BCUT2D eigenvalue weighted by atomic mass is 16.3. The molecule has 3 nitrogen and oxygen atoms in total. The van der Waals surface area contributed by atoms with E-state index in [1.54, 1.807) is 0 Å². The van der Waals surface area contributed by atoms with Crippen molar-refractivity contribution in [2.45, 2.75) is 6.61 Å². The van der Waals surface area contributed by atoms with Crippen LogP contribution in [0.4, 0.5) is 0 Å². The van der Waals surface area contributed by atoms with E-state index in [2.05, 4.69) is 10.2 Å². The summed E-state index contributed by atoms with van der Waals surface area (Å²) in [6, 6.07) is 11.9. The molecule has 3 heteroatoms. The average Bonchev–Trinajstić information content (AvgIpc) is 2.67. The minimum atomic E-state index is 0.0311. The first-order chi connectivity index (χ1) is 6.40. The van der Waals surface area contributed by atoms with Crippen molar-refractivity contribution in [1.82, 2.24) is 5.10 Å². The number of rotatable bonds is 2. The van der Waals surface area contributed by atoms with Crippen molar-refractivity contribution in [3.8, 4) is 11.3 Å². The number of aromatic nitrogens is 2. The molecule has 3 N–H and O–H groups in total. The van der Waals surface area contributed by atoms with Crippen molar-refractivity contribution in [3.05, 3.63) is 42.1 Å². The molecular weight excluding hydrogens is 164 g/mol. The van der Waals surface area contributed by atoms with E-state index in [4.69, 9.17) is 5.11 Å². The van der Waals surface area contributed by atoms with Crippen LogP contribution in [-0.2, 0) is 6.61 Å². The zero-order valence-corrected chi connectivity index (χ0v) is 7.12. The molecule has 2 rings (SSSR count). The number of aromatic amines is 2. The molecule has 0 saturated carbocycles. The Morgan fingerprint density at radius 2 is 2.00 bits per heavy atom. The van der Waals surface area contributed by atoms with E-state index in [-0.39, 0.29) is 6.61 Å². The topological polar surface area (TPSA) is 50.2 Å². The normalized spacial score (nSPS) is 10.2. The van der Waals surface area contributed by atoms with E-state index < -0.39 is 0 Å². The summed E-state index contributed by atoms with van der Waals surface area (Å²) >= 11 is 0. The maximum Gasteiger partial charge on any atom is 0.236 e. The van der Waals surface area contributed by atoms with E-state index >= 15 is 0 Å². The molecular formula is C10H11N2O+. The Hall–Kier alpha value is -1.61. The van der Waals surface area contributed by atoms with Gasteiger partial charge in [0.15, 0.2) is 0 Å². The van der Waals surface area contributed by atoms with Crippen LogP contribution in [0.3, 0.4) is 0 Å². The van der Waals surface area contributed by atoms with Crippen LogP contribution in [0.25, 0.3) is 11.3 Å². The molecule has 0 fully saturated rings. The lowest BCUT2D eigenvalue weighted by Gasteiger charge is -1.87.